The van der Waals surface area contributed by atoms with Crippen LogP contribution in [-0.2, 0) is 9.22 Å². The number of Topliss-reactive ketones (excluding diaryl/α,β-unsaturated/α-hetero) is 1. The summed E-state index contributed by atoms with van der Waals surface area (Å²) >= 11 is 0. The summed E-state index contributed by atoms with van der Waals surface area (Å²) in [4.78, 5) is 11.9. The summed E-state index contributed by atoms with van der Waals surface area (Å²) < 4.78 is 6.15. The van der Waals surface area contributed by atoms with Crippen LogP contribution >= 0.6 is 0 Å². The quantitative estimate of drug-likeness (QED) is 0.759. The van der Waals surface area contributed by atoms with Crippen molar-refractivity contribution in [3.8, 4) is 0 Å². The summed E-state index contributed by atoms with van der Waals surface area (Å²) in [6.45, 7) is 18.2. The Kier molecular flexibility index (Phi) is 6.44. The number of hydrogen-bond acceptors (Lipinski definition) is 3. The third kappa shape index (κ3) is 5.01. The van der Waals surface area contributed by atoms with E-state index in [2.05, 4.69) is 33.9 Å². The molecule has 0 aliphatic rings. The first kappa shape index (κ1) is 18.8. The van der Waals surface area contributed by atoms with Gasteiger partial charge >= 0.3 is 0 Å². The molecule has 19 heavy (non-hydrogen) atoms. The van der Waals surface area contributed by atoms with Gasteiger partial charge in [0.25, 0.3) is 0 Å². The van der Waals surface area contributed by atoms with Crippen LogP contribution in [0.5, 0.6) is 0 Å². The largest absolute Gasteiger partial charge is 0.412 e. The highest BCUT2D eigenvalue weighted by molar-refractivity contribution is 6.74. The molecule has 0 aliphatic heterocycles. The minimum absolute atomic E-state index is 0.0512. The summed E-state index contributed by atoms with van der Waals surface area (Å²) in [7, 11) is -1.91. The van der Waals surface area contributed by atoms with Crippen LogP contribution in [0, 0.1) is 11.8 Å². The summed E-state index contributed by atoms with van der Waals surface area (Å²) in [5.74, 6) is -0.331. The zero-order chi connectivity index (χ0) is 15.6. The van der Waals surface area contributed by atoms with E-state index in [1.165, 1.54) is 0 Å². The average molecular weight is 289 g/mol. The van der Waals surface area contributed by atoms with Gasteiger partial charge in [-0.05, 0) is 25.1 Å². The van der Waals surface area contributed by atoms with E-state index in [4.69, 9.17) is 4.43 Å². The molecule has 0 saturated heterocycles. The smallest absolute Gasteiger partial charge is 0.192 e. The number of aliphatic hydroxyl groups excluding tert-OH is 1. The Hall–Kier alpha value is -0.193. The van der Waals surface area contributed by atoms with Crippen LogP contribution in [0.25, 0.3) is 0 Å². The molecule has 0 rings (SSSR count). The molecule has 114 valence electrons. The monoisotopic (exact) mass is 288 g/mol. The molecule has 3 nitrogen and oxygen atoms in total. The van der Waals surface area contributed by atoms with Gasteiger partial charge in [0.2, 0.25) is 0 Å². The number of ketones is 1. The Morgan fingerprint density at radius 2 is 1.53 bits per heavy atom. The molecule has 4 heteroatoms. The Balaban J connectivity index is 4.76. The van der Waals surface area contributed by atoms with Crippen molar-refractivity contribution in [3.63, 3.8) is 0 Å². The van der Waals surface area contributed by atoms with Crippen LogP contribution in [0.2, 0.25) is 18.1 Å². The molecule has 3 atom stereocenters. The van der Waals surface area contributed by atoms with Crippen LogP contribution in [0.3, 0.4) is 0 Å². The summed E-state index contributed by atoms with van der Waals surface area (Å²) in [6.07, 6.45) is -1.04. The number of carbonyl (C=O) groups excluding carboxylic acids is 1. The van der Waals surface area contributed by atoms with E-state index in [1.807, 2.05) is 20.8 Å². The van der Waals surface area contributed by atoms with Crippen molar-refractivity contribution in [3.05, 3.63) is 0 Å². The number of rotatable bonds is 6. The maximum Gasteiger partial charge on any atom is 0.192 e. The van der Waals surface area contributed by atoms with Gasteiger partial charge in [-0.25, -0.2) is 0 Å². The number of aliphatic hydroxyl groups is 1. The van der Waals surface area contributed by atoms with Crippen molar-refractivity contribution in [2.75, 3.05) is 0 Å². The Labute approximate surface area is 119 Å². The van der Waals surface area contributed by atoms with Crippen LogP contribution < -0.4 is 0 Å². The maximum atomic E-state index is 11.9. The lowest BCUT2D eigenvalue weighted by molar-refractivity contribution is -0.131. The van der Waals surface area contributed by atoms with E-state index < -0.39 is 14.4 Å². The van der Waals surface area contributed by atoms with Gasteiger partial charge in [-0.15, -0.1) is 0 Å². The lowest BCUT2D eigenvalue weighted by atomic mass is 9.90. The van der Waals surface area contributed by atoms with Gasteiger partial charge in [-0.3, -0.25) is 4.79 Å². The SMILES string of the molecule is CC(C)C(=O)[C@H](C)[C@H](O)[C@H](C)O[Si](C)(C)C(C)(C)C. The molecule has 0 fully saturated rings. The second kappa shape index (κ2) is 6.51. The highest BCUT2D eigenvalue weighted by Gasteiger charge is 2.40. The van der Waals surface area contributed by atoms with E-state index >= 15 is 0 Å². The van der Waals surface area contributed by atoms with Crippen LogP contribution in [-0.4, -0.2) is 31.4 Å². The fourth-order valence-electron chi connectivity index (χ4n) is 1.81. The van der Waals surface area contributed by atoms with E-state index in [9.17, 15) is 9.90 Å². The second-order valence-electron chi connectivity index (χ2n) is 7.42. The standard InChI is InChI=1S/C15H32O3Si/c1-10(2)13(16)11(3)14(17)12(4)18-19(8,9)15(5,6)7/h10-12,14,17H,1-9H3/t11-,12-,14-/m0/s1. The van der Waals surface area contributed by atoms with Gasteiger partial charge in [0.05, 0.1) is 12.2 Å². The van der Waals surface area contributed by atoms with Crippen molar-refractivity contribution in [1.29, 1.82) is 0 Å². The lowest BCUT2D eigenvalue weighted by Crippen LogP contribution is -2.48. The molecule has 0 aliphatic carbocycles. The van der Waals surface area contributed by atoms with Gasteiger partial charge in [0.1, 0.15) is 5.78 Å². The van der Waals surface area contributed by atoms with Gasteiger partial charge in [0, 0.05) is 11.8 Å². The number of carbonyl (C=O) groups is 1. The highest BCUT2D eigenvalue weighted by Crippen LogP contribution is 2.38. The predicted molar refractivity (Wildman–Crippen MR) is 82.8 cm³/mol. The van der Waals surface area contributed by atoms with E-state index in [0.29, 0.717) is 0 Å². The molecule has 0 spiro atoms. The Bertz CT molecular complexity index is 305. The van der Waals surface area contributed by atoms with Crippen molar-refractivity contribution in [2.24, 2.45) is 11.8 Å². The maximum absolute atomic E-state index is 11.9. The van der Waals surface area contributed by atoms with E-state index in [1.54, 1.807) is 6.92 Å². The van der Waals surface area contributed by atoms with Crippen molar-refractivity contribution in [2.45, 2.75) is 78.8 Å². The molecule has 0 amide bonds. The topological polar surface area (TPSA) is 46.5 Å². The van der Waals surface area contributed by atoms with Gasteiger partial charge < -0.3 is 9.53 Å². The normalized spacial score (nSPS) is 18.3. The van der Waals surface area contributed by atoms with Gasteiger partial charge in [0.15, 0.2) is 8.32 Å². The van der Waals surface area contributed by atoms with Crippen molar-refractivity contribution < 1.29 is 14.3 Å². The van der Waals surface area contributed by atoms with E-state index in [-0.39, 0.29) is 28.8 Å². The van der Waals surface area contributed by atoms with Crippen LogP contribution in [0.4, 0.5) is 0 Å². The third-order valence-electron chi connectivity index (χ3n) is 4.30. The van der Waals surface area contributed by atoms with Crippen molar-refractivity contribution >= 4 is 14.1 Å². The molecule has 0 unspecified atom stereocenters. The minimum Gasteiger partial charge on any atom is -0.412 e. The predicted octanol–water partition coefficient (Wildman–Crippen LogP) is 3.62. The average Bonchev–Trinajstić information content (AvgIpc) is 2.23. The molecule has 0 aromatic carbocycles. The molecule has 0 saturated carbocycles. The molecule has 0 aromatic heterocycles. The molecule has 1 N–H and O–H groups in total. The zero-order valence-electron chi connectivity index (χ0n) is 14.1. The Morgan fingerprint density at radius 1 is 1.11 bits per heavy atom. The zero-order valence-corrected chi connectivity index (χ0v) is 15.1. The minimum atomic E-state index is -1.91. The molecule has 0 aromatic rings. The summed E-state index contributed by atoms with van der Waals surface area (Å²) in [5.41, 5.74) is 0. The van der Waals surface area contributed by atoms with Crippen molar-refractivity contribution in [1.82, 2.24) is 0 Å². The molecular weight excluding hydrogens is 256 g/mol. The molecule has 0 heterocycles. The van der Waals surface area contributed by atoms with E-state index in [0.717, 1.165) is 0 Å². The second-order valence-corrected chi connectivity index (χ2v) is 12.2. The van der Waals surface area contributed by atoms with Gasteiger partial charge in [-0.1, -0.05) is 41.5 Å². The lowest BCUT2D eigenvalue weighted by Gasteiger charge is -2.40. The molecule has 0 radical (unpaired) electrons. The first-order valence-electron chi connectivity index (χ1n) is 7.21. The summed E-state index contributed by atoms with van der Waals surface area (Å²) in [6, 6.07) is 0. The third-order valence-corrected chi connectivity index (χ3v) is 8.87. The molecular formula is C15H32O3Si. The van der Waals surface area contributed by atoms with Crippen LogP contribution in [0.1, 0.15) is 48.5 Å². The van der Waals surface area contributed by atoms with Crippen LogP contribution in [0.15, 0.2) is 0 Å². The highest BCUT2D eigenvalue weighted by atomic mass is 28.4. The molecule has 0 bridgehead atoms. The fourth-order valence-corrected chi connectivity index (χ4v) is 3.23. The number of hydrogen-bond donors (Lipinski definition) is 1. The fraction of sp³-hybridized carbons (Fsp3) is 0.933. The first-order valence-corrected chi connectivity index (χ1v) is 10.1. The van der Waals surface area contributed by atoms with Gasteiger partial charge in [-0.2, -0.15) is 0 Å². The first-order chi connectivity index (χ1) is 8.31. The summed E-state index contributed by atoms with van der Waals surface area (Å²) in [5, 5.41) is 10.4. The Morgan fingerprint density at radius 3 is 1.84 bits per heavy atom.